The molecule has 1 N–H and O–H groups in total. The molecule has 3 aromatic rings. The Morgan fingerprint density at radius 1 is 1.35 bits per heavy atom. The zero-order valence-electron chi connectivity index (χ0n) is 15.2. The van der Waals surface area contributed by atoms with Crippen LogP contribution in [0.25, 0.3) is 10.9 Å². The van der Waals surface area contributed by atoms with Crippen molar-refractivity contribution < 1.29 is 9.53 Å². The highest BCUT2D eigenvalue weighted by Crippen LogP contribution is 2.24. The number of nitrogens with zero attached hydrogens (tertiary/aromatic N) is 1. The third-order valence-electron chi connectivity index (χ3n) is 5.22. The van der Waals surface area contributed by atoms with Crippen LogP contribution in [0.5, 0.6) is 0 Å². The van der Waals surface area contributed by atoms with Crippen molar-refractivity contribution in [2.24, 2.45) is 0 Å². The number of H-pyrrole nitrogens is 1. The Kier molecular flexibility index (Phi) is 4.83. The van der Waals surface area contributed by atoms with Crippen LogP contribution in [0.3, 0.4) is 0 Å². The first-order valence-corrected chi connectivity index (χ1v) is 10.0. The van der Waals surface area contributed by atoms with Crippen LogP contribution in [0, 0.1) is 13.8 Å². The lowest BCUT2D eigenvalue weighted by Gasteiger charge is -2.25. The number of hydrogen-bond donors (Lipinski definition) is 1. The number of rotatable bonds is 5. The fourth-order valence-corrected chi connectivity index (χ4v) is 4.34. The molecule has 5 heteroatoms. The Hall–Kier alpha value is -2.11. The van der Waals surface area contributed by atoms with Crippen LogP contribution in [-0.2, 0) is 11.3 Å². The lowest BCUT2D eigenvalue weighted by Crippen LogP contribution is -2.36. The molecule has 0 bridgehead atoms. The highest BCUT2D eigenvalue weighted by molar-refractivity contribution is 7.09. The first-order chi connectivity index (χ1) is 12.6. The van der Waals surface area contributed by atoms with Crippen molar-refractivity contribution in [2.75, 3.05) is 13.2 Å². The van der Waals surface area contributed by atoms with Crippen LogP contribution < -0.4 is 0 Å². The van der Waals surface area contributed by atoms with Crippen LogP contribution in [0.1, 0.15) is 39.3 Å². The number of hydrogen-bond acceptors (Lipinski definition) is 3. The summed E-state index contributed by atoms with van der Waals surface area (Å²) in [5.41, 5.74) is 4.19. The monoisotopic (exact) mass is 368 g/mol. The van der Waals surface area contributed by atoms with Crippen molar-refractivity contribution in [2.45, 2.75) is 39.3 Å². The predicted octanol–water partition coefficient (Wildman–Crippen LogP) is 4.67. The lowest BCUT2D eigenvalue weighted by atomic mass is 10.1. The van der Waals surface area contributed by atoms with Gasteiger partial charge in [-0.05, 0) is 61.9 Å². The first-order valence-electron chi connectivity index (χ1n) is 9.14. The SMILES string of the molecule is Cc1[nH]c2ccc(C(=O)N(Cc3cccs3)CC3CCCO3)cc2c1C. The van der Waals surface area contributed by atoms with Gasteiger partial charge in [0.25, 0.3) is 5.91 Å². The number of aromatic nitrogens is 1. The zero-order chi connectivity index (χ0) is 18.1. The Morgan fingerprint density at radius 2 is 2.23 bits per heavy atom. The molecule has 26 heavy (non-hydrogen) atoms. The Balaban J connectivity index is 1.62. The molecule has 1 fully saturated rings. The standard InChI is InChI=1S/C21H24N2O2S/c1-14-15(2)22-20-8-7-16(11-19(14)20)21(24)23(12-17-5-3-9-25-17)13-18-6-4-10-26-18/h4,6-8,10-11,17,22H,3,5,9,12-13H2,1-2H3. The van der Waals surface area contributed by atoms with Crippen LogP contribution in [0.2, 0.25) is 0 Å². The van der Waals surface area contributed by atoms with E-state index in [0.717, 1.165) is 41.6 Å². The summed E-state index contributed by atoms with van der Waals surface area (Å²) in [5.74, 6) is 0.0778. The lowest BCUT2D eigenvalue weighted by molar-refractivity contribution is 0.0510. The first kappa shape index (κ1) is 17.3. The minimum absolute atomic E-state index is 0.0778. The highest BCUT2D eigenvalue weighted by Gasteiger charge is 2.24. The molecule has 1 atom stereocenters. The van der Waals surface area contributed by atoms with E-state index >= 15 is 0 Å². The number of nitrogens with one attached hydrogen (secondary N) is 1. The van der Waals surface area contributed by atoms with Gasteiger partial charge in [-0.3, -0.25) is 4.79 Å². The van der Waals surface area contributed by atoms with Crippen molar-refractivity contribution >= 4 is 28.1 Å². The van der Waals surface area contributed by atoms with Gasteiger partial charge in [0.2, 0.25) is 0 Å². The van der Waals surface area contributed by atoms with E-state index < -0.39 is 0 Å². The molecule has 1 unspecified atom stereocenters. The van der Waals surface area contributed by atoms with Gasteiger partial charge in [-0.25, -0.2) is 0 Å². The number of fused-ring (bicyclic) bond motifs is 1. The van der Waals surface area contributed by atoms with Gasteiger partial charge < -0.3 is 14.6 Å². The van der Waals surface area contributed by atoms with Gasteiger partial charge in [0, 0.05) is 40.2 Å². The largest absolute Gasteiger partial charge is 0.376 e. The summed E-state index contributed by atoms with van der Waals surface area (Å²) in [6.07, 6.45) is 2.27. The second-order valence-corrected chi connectivity index (χ2v) is 8.07. The average molecular weight is 369 g/mol. The van der Waals surface area contributed by atoms with E-state index in [2.05, 4.69) is 30.3 Å². The number of aromatic amines is 1. The molecular weight excluding hydrogens is 344 g/mol. The van der Waals surface area contributed by atoms with Gasteiger partial charge in [-0.2, -0.15) is 0 Å². The Labute approximate surface area is 157 Å². The molecule has 0 saturated carbocycles. The summed E-state index contributed by atoms with van der Waals surface area (Å²) >= 11 is 1.69. The molecule has 0 aliphatic carbocycles. The second-order valence-electron chi connectivity index (χ2n) is 7.04. The van der Waals surface area contributed by atoms with E-state index in [4.69, 9.17) is 4.74 Å². The van der Waals surface area contributed by atoms with Gasteiger partial charge in [0.15, 0.2) is 0 Å². The highest BCUT2D eigenvalue weighted by atomic mass is 32.1. The molecule has 0 spiro atoms. The summed E-state index contributed by atoms with van der Waals surface area (Å²) in [7, 11) is 0. The van der Waals surface area contributed by atoms with Crippen molar-refractivity contribution in [3.8, 4) is 0 Å². The van der Waals surface area contributed by atoms with E-state index in [0.29, 0.717) is 13.1 Å². The fraction of sp³-hybridized carbons (Fsp3) is 0.381. The van der Waals surface area contributed by atoms with E-state index in [-0.39, 0.29) is 12.0 Å². The predicted molar refractivity (Wildman–Crippen MR) is 106 cm³/mol. The van der Waals surface area contributed by atoms with Gasteiger partial charge in [0.1, 0.15) is 0 Å². The van der Waals surface area contributed by atoms with Crippen molar-refractivity contribution in [3.63, 3.8) is 0 Å². The molecule has 1 aliphatic heterocycles. The van der Waals surface area contributed by atoms with Gasteiger partial charge in [-0.1, -0.05) is 6.07 Å². The molecule has 4 nitrogen and oxygen atoms in total. The third kappa shape index (κ3) is 3.41. The quantitative estimate of drug-likeness (QED) is 0.711. The number of ether oxygens (including phenoxy) is 1. The topological polar surface area (TPSA) is 45.3 Å². The average Bonchev–Trinajstić information content (AvgIpc) is 3.38. The van der Waals surface area contributed by atoms with Crippen LogP contribution in [0.15, 0.2) is 35.7 Å². The number of carbonyl (C=O) groups is 1. The summed E-state index contributed by atoms with van der Waals surface area (Å²) in [5, 5.41) is 3.18. The maximum atomic E-state index is 13.3. The molecule has 1 aromatic carbocycles. The maximum absolute atomic E-state index is 13.3. The third-order valence-corrected chi connectivity index (χ3v) is 6.08. The number of benzene rings is 1. The Bertz CT molecular complexity index is 908. The number of thiophene rings is 1. The van der Waals surface area contributed by atoms with E-state index in [1.165, 1.54) is 10.4 Å². The molecule has 3 heterocycles. The molecule has 1 amide bonds. The molecule has 4 rings (SSSR count). The van der Waals surface area contributed by atoms with Crippen LogP contribution >= 0.6 is 11.3 Å². The zero-order valence-corrected chi connectivity index (χ0v) is 16.1. The van der Waals surface area contributed by atoms with Crippen molar-refractivity contribution in [1.82, 2.24) is 9.88 Å². The minimum atomic E-state index is 0.0778. The second kappa shape index (κ2) is 7.25. The van der Waals surface area contributed by atoms with Crippen molar-refractivity contribution in [1.29, 1.82) is 0 Å². The summed E-state index contributed by atoms with van der Waals surface area (Å²) < 4.78 is 5.79. The van der Waals surface area contributed by atoms with Crippen LogP contribution in [0.4, 0.5) is 0 Å². The molecule has 2 aromatic heterocycles. The van der Waals surface area contributed by atoms with E-state index in [1.807, 2.05) is 29.2 Å². The van der Waals surface area contributed by atoms with Gasteiger partial charge in [-0.15, -0.1) is 11.3 Å². The van der Waals surface area contributed by atoms with E-state index in [1.54, 1.807) is 11.3 Å². The number of aryl methyl sites for hydroxylation is 2. The van der Waals surface area contributed by atoms with Gasteiger partial charge >= 0.3 is 0 Å². The fourth-order valence-electron chi connectivity index (χ4n) is 3.62. The normalized spacial score (nSPS) is 17.1. The van der Waals surface area contributed by atoms with Gasteiger partial charge in [0.05, 0.1) is 12.6 Å². The maximum Gasteiger partial charge on any atom is 0.254 e. The summed E-state index contributed by atoms with van der Waals surface area (Å²) in [6.45, 7) is 6.26. The molecule has 1 saturated heterocycles. The Morgan fingerprint density at radius 3 is 2.96 bits per heavy atom. The summed E-state index contributed by atoms with van der Waals surface area (Å²) in [6, 6.07) is 10.1. The molecular formula is C21H24N2O2S. The van der Waals surface area contributed by atoms with Crippen LogP contribution in [-0.4, -0.2) is 35.0 Å². The van der Waals surface area contributed by atoms with Crippen molar-refractivity contribution in [3.05, 3.63) is 57.4 Å². The molecule has 1 aliphatic rings. The summed E-state index contributed by atoms with van der Waals surface area (Å²) in [4.78, 5) is 19.8. The molecule has 0 radical (unpaired) electrons. The van der Waals surface area contributed by atoms with E-state index in [9.17, 15) is 4.79 Å². The number of carbonyl (C=O) groups excluding carboxylic acids is 1. The molecule has 136 valence electrons. The minimum Gasteiger partial charge on any atom is -0.376 e. The number of amides is 1. The smallest absolute Gasteiger partial charge is 0.254 e.